The van der Waals surface area contributed by atoms with Gasteiger partial charge in [0.05, 0.1) is 13.8 Å². The van der Waals surface area contributed by atoms with Gasteiger partial charge in [0.25, 0.3) is 11.8 Å². The average Bonchev–Trinajstić information content (AvgIpc) is 3.29. The van der Waals surface area contributed by atoms with Gasteiger partial charge >= 0.3 is 11.8 Å². The van der Waals surface area contributed by atoms with E-state index in [2.05, 4.69) is 10.2 Å². The van der Waals surface area contributed by atoms with Crippen LogP contribution in [0.3, 0.4) is 0 Å². The molecular weight excluding hydrogens is 515 g/mol. The van der Waals surface area contributed by atoms with Crippen LogP contribution in [0, 0.1) is 34.3 Å². The van der Waals surface area contributed by atoms with Crippen molar-refractivity contribution < 1.29 is 76.0 Å². The predicted molar refractivity (Wildman–Crippen MR) is 88.4 cm³/mol. The molecule has 4 aromatic rings. The van der Waals surface area contributed by atoms with Crippen molar-refractivity contribution in [3.8, 4) is 11.4 Å². The lowest BCUT2D eigenvalue weighted by Crippen LogP contribution is -2.68. The molecule has 0 saturated heterocycles. The number of nitrogens with zero attached hydrogens (tertiary/aromatic N) is 4. The number of halogens is 2. The average molecular weight is 533 g/mol. The van der Waals surface area contributed by atoms with E-state index >= 15 is 0 Å². The maximum absolute atomic E-state index is 8.49. The second kappa shape index (κ2) is 12.1. The van der Waals surface area contributed by atoms with Gasteiger partial charge in [-0.2, -0.15) is 0 Å². The fourth-order valence-electron chi connectivity index (χ4n) is 2.72. The highest BCUT2D eigenvalue weighted by Crippen LogP contribution is 2.09. The molecule has 14 nitrogen and oxygen atoms in total. The minimum atomic E-state index is -4.94. The van der Waals surface area contributed by atoms with Crippen molar-refractivity contribution in [3.63, 3.8) is 0 Å². The van der Waals surface area contributed by atoms with Crippen molar-refractivity contribution in [3.05, 3.63) is 84.2 Å². The Morgan fingerprint density at radius 1 is 0.600 bits per heavy atom. The topological polar surface area (TPSA) is 244 Å². The molecule has 0 radical (unpaired) electrons. The summed E-state index contributed by atoms with van der Waals surface area (Å²) >= 11 is 0. The van der Waals surface area contributed by atoms with E-state index in [1.165, 1.54) is 0 Å². The highest BCUT2D eigenvalue weighted by atomic mass is 35.7. The number of para-hydroxylation sites is 2. The molecule has 16 heteroatoms. The van der Waals surface area contributed by atoms with Crippen molar-refractivity contribution in [2.45, 2.75) is 20.3 Å². The Morgan fingerprint density at radius 2 is 0.886 bits per heavy atom. The standard InChI is InChI=1S/C19H18N4O2.2ClHO4/c1-14-22(16-9-5-3-6-10-16)20-18(24-14)13-19-21-23(15(2)25-19)17-11-7-4-8-12-17;2*2-1(3,4)5/h3-12H,13H2,1-2H3;2*(H,2,3,4,5)/q+2;;/p-2. The second-order valence-corrected chi connectivity index (χ2v) is 7.97. The first-order valence-corrected chi connectivity index (χ1v) is 11.8. The van der Waals surface area contributed by atoms with Crippen molar-refractivity contribution in [1.82, 2.24) is 10.2 Å². The molecule has 0 unspecified atom stereocenters. The zero-order chi connectivity index (χ0) is 26.2. The number of rotatable bonds is 4. The number of aromatic nitrogens is 4. The van der Waals surface area contributed by atoms with Gasteiger partial charge in [-0.15, -0.1) is 20.5 Å². The van der Waals surface area contributed by atoms with Crippen LogP contribution in [-0.2, 0) is 6.42 Å². The Labute approximate surface area is 202 Å². The fraction of sp³-hybridized carbons (Fsp3) is 0.158. The van der Waals surface area contributed by atoms with Gasteiger partial charge < -0.3 is 8.83 Å². The van der Waals surface area contributed by atoms with Crippen molar-refractivity contribution in [2.24, 2.45) is 0 Å². The largest absolute Gasteiger partial charge is 0.385 e. The Hall–Kier alpha value is -3.02. The van der Waals surface area contributed by atoms with Crippen molar-refractivity contribution >= 4 is 0 Å². The van der Waals surface area contributed by atoms with Crippen LogP contribution in [0.2, 0.25) is 0 Å². The Bertz CT molecular complexity index is 1090. The number of aryl methyl sites for hydroxylation is 2. The predicted octanol–water partition coefficient (Wildman–Crippen LogP) is -7.09. The highest BCUT2D eigenvalue weighted by molar-refractivity contribution is 5.21. The van der Waals surface area contributed by atoms with Crippen LogP contribution in [0.5, 0.6) is 0 Å². The molecule has 0 N–H and O–H groups in total. The van der Waals surface area contributed by atoms with E-state index in [9.17, 15) is 0 Å². The molecular formula is C19H18Cl2N4O10. The third kappa shape index (κ3) is 10.8. The fourth-order valence-corrected chi connectivity index (χ4v) is 2.72. The smallest absolute Gasteiger partial charge is 0.377 e. The molecule has 2 aromatic heterocycles. The molecule has 188 valence electrons. The molecule has 2 heterocycles. The summed E-state index contributed by atoms with van der Waals surface area (Å²) in [5, 5.41) is 9.06. The van der Waals surface area contributed by atoms with E-state index in [1.54, 1.807) is 9.36 Å². The molecule has 0 fully saturated rings. The van der Waals surface area contributed by atoms with Gasteiger partial charge in [0.1, 0.15) is 6.42 Å². The van der Waals surface area contributed by atoms with E-state index in [0.29, 0.717) is 30.0 Å². The number of hydrogen-bond acceptors (Lipinski definition) is 12. The second-order valence-electron chi connectivity index (χ2n) is 6.46. The lowest BCUT2D eigenvalue weighted by atomic mass is 10.3. The van der Waals surface area contributed by atoms with Gasteiger partial charge in [-0.3, -0.25) is 0 Å². The first-order chi connectivity index (χ1) is 16.2. The summed E-state index contributed by atoms with van der Waals surface area (Å²) in [5.74, 6) is 2.53. The summed E-state index contributed by atoms with van der Waals surface area (Å²) in [6, 6.07) is 19.8. The molecule has 35 heavy (non-hydrogen) atoms. The van der Waals surface area contributed by atoms with Crippen LogP contribution in [0.4, 0.5) is 0 Å². The molecule has 0 aliphatic carbocycles. The van der Waals surface area contributed by atoms with Gasteiger partial charge in [0.15, 0.2) is 0 Å². The van der Waals surface area contributed by atoms with Gasteiger partial charge in [-0.25, -0.2) is 37.3 Å². The summed E-state index contributed by atoms with van der Waals surface area (Å²) in [7, 11) is -9.89. The van der Waals surface area contributed by atoms with Gasteiger partial charge in [-0.05, 0) is 9.36 Å². The Balaban J connectivity index is 0.000000368. The van der Waals surface area contributed by atoms with Crippen LogP contribution < -0.4 is 46.6 Å². The van der Waals surface area contributed by atoms with Gasteiger partial charge in [-0.1, -0.05) is 36.4 Å². The summed E-state index contributed by atoms with van der Waals surface area (Å²) < 4.78 is 83.0. The number of benzene rings is 2. The Morgan fingerprint density at radius 3 is 1.17 bits per heavy atom. The van der Waals surface area contributed by atoms with E-state index in [-0.39, 0.29) is 0 Å². The number of hydrogen-bond donors (Lipinski definition) is 0. The maximum Gasteiger partial charge on any atom is 0.377 e. The summed E-state index contributed by atoms with van der Waals surface area (Å²) in [4.78, 5) is 0. The molecule has 0 spiro atoms. The van der Waals surface area contributed by atoms with Gasteiger partial charge in [0.2, 0.25) is 11.4 Å². The first kappa shape index (κ1) is 28.2. The van der Waals surface area contributed by atoms with Crippen molar-refractivity contribution in [1.29, 1.82) is 0 Å². The monoisotopic (exact) mass is 532 g/mol. The van der Waals surface area contributed by atoms with Crippen molar-refractivity contribution in [2.75, 3.05) is 0 Å². The molecule has 4 rings (SSSR count). The quantitative estimate of drug-likeness (QED) is 0.222. The minimum absolute atomic E-state index is 0.390. The van der Waals surface area contributed by atoms with Gasteiger partial charge in [0, 0.05) is 34.5 Å². The molecule has 0 amide bonds. The Kier molecular flexibility index (Phi) is 9.75. The summed E-state index contributed by atoms with van der Waals surface area (Å²) in [6.45, 7) is 3.77. The molecule has 0 aliphatic rings. The first-order valence-electron chi connectivity index (χ1n) is 9.32. The maximum atomic E-state index is 8.49. The lowest BCUT2D eigenvalue weighted by Gasteiger charge is -2.17. The summed E-state index contributed by atoms with van der Waals surface area (Å²) in [6.07, 6.45) is 0.390. The van der Waals surface area contributed by atoms with E-state index in [1.807, 2.05) is 74.5 Å². The zero-order valence-electron chi connectivity index (χ0n) is 18.1. The molecule has 0 saturated carbocycles. The van der Waals surface area contributed by atoms with E-state index in [0.717, 1.165) is 11.4 Å². The lowest BCUT2D eigenvalue weighted by molar-refractivity contribution is -2.00. The van der Waals surface area contributed by atoms with Crippen LogP contribution in [0.1, 0.15) is 23.6 Å². The third-order valence-electron chi connectivity index (χ3n) is 3.85. The van der Waals surface area contributed by atoms with E-state index in [4.69, 9.17) is 46.1 Å². The molecule has 0 aliphatic heterocycles. The molecule has 2 aromatic carbocycles. The third-order valence-corrected chi connectivity index (χ3v) is 3.85. The summed E-state index contributed by atoms with van der Waals surface area (Å²) in [5.41, 5.74) is 1.91. The normalized spacial score (nSPS) is 11.3. The zero-order valence-corrected chi connectivity index (χ0v) is 19.6. The van der Waals surface area contributed by atoms with E-state index < -0.39 is 20.5 Å². The molecule has 0 bridgehead atoms. The van der Waals surface area contributed by atoms with Crippen LogP contribution in [0.25, 0.3) is 11.4 Å². The van der Waals surface area contributed by atoms with Crippen LogP contribution in [-0.4, -0.2) is 10.2 Å². The minimum Gasteiger partial charge on any atom is -0.385 e. The SMILES string of the molecule is Cc1oc(Cc2n[n+](-c3ccccc3)c(C)o2)n[n+]1-c1ccccc1.[O-][Cl+3]([O-])([O-])[O-].[O-][Cl+3]([O-])([O-])[O-]. The van der Waals surface area contributed by atoms with Crippen LogP contribution >= 0.6 is 0 Å². The highest BCUT2D eigenvalue weighted by Gasteiger charge is 2.25. The van der Waals surface area contributed by atoms with Crippen LogP contribution in [0.15, 0.2) is 69.5 Å². The molecule has 0 atom stereocenters.